The Morgan fingerprint density at radius 3 is 2.50 bits per heavy atom. The van der Waals surface area contributed by atoms with Gasteiger partial charge in [-0.25, -0.2) is 4.79 Å². The number of hydrogen-bond acceptors (Lipinski definition) is 2. The fourth-order valence-corrected chi connectivity index (χ4v) is 4.49. The molecule has 3 nitrogen and oxygen atoms in total. The molecule has 0 N–H and O–H groups in total. The van der Waals surface area contributed by atoms with Gasteiger partial charge in [0.15, 0.2) is 6.10 Å². The lowest BCUT2D eigenvalue weighted by Gasteiger charge is -2.13. The Bertz CT molecular complexity index is 985. The number of unbranched alkanes of at least 4 members (excludes halogenated alkanes) is 5. The van der Waals surface area contributed by atoms with Gasteiger partial charge in [0, 0.05) is 34.3 Å². The number of fused-ring (bicyclic) bond motifs is 2. The lowest BCUT2D eigenvalue weighted by atomic mass is 9.97. The van der Waals surface area contributed by atoms with Crippen molar-refractivity contribution in [2.75, 3.05) is 0 Å². The zero-order chi connectivity index (χ0) is 19.5. The predicted octanol–water partition coefficient (Wildman–Crippen LogP) is 6.57. The molecule has 0 saturated carbocycles. The number of carbonyl (C=O) groups excluding carboxylic acids is 1. The number of aryl methyl sites for hydroxylation is 1. The van der Waals surface area contributed by atoms with E-state index < -0.39 is 0 Å². The Morgan fingerprint density at radius 1 is 0.929 bits per heavy atom. The van der Waals surface area contributed by atoms with Crippen LogP contribution in [0.5, 0.6) is 0 Å². The van der Waals surface area contributed by atoms with Crippen LogP contribution < -0.4 is 0 Å². The SMILES string of the molecule is CCCCCCCCn1c(C)c([C@H]2OC(=O)c3ccccc32)c2ccccc21. The summed E-state index contributed by atoms with van der Waals surface area (Å²) >= 11 is 0. The summed E-state index contributed by atoms with van der Waals surface area (Å²) in [7, 11) is 0. The topological polar surface area (TPSA) is 31.2 Å². The molecule has 0 saturated heterocycles. The van der Waals surface area contributed by atoms with E-state index >= 15 is 0 Å². The number of para-hydroxylation sites is 1. The Hall–Kier alpha value is -2.55. The molecule has 0 bridgehead atoms. The van der Waals surface area contributed by atoms with Gasteiger partial charge in [0.25, 0.3) is 0 Å². The third-order valence-corrected chi connectivity index (χ3v) is 5.97. The van der Waals surface area contributed by atoms with E-state index in [0.29, 0.717) is 5.56 Å². The van der Waals surface area contributed by atoms with Crippen molar-refractivity contribution in [1.82, 2.24) is 4.57 Å². The minimum Gasteiger partial charge on any atom is -0.449 e. The molecule has 3 heteroatoms. The zero-order valence-electron chi connectivity index (χ0n) is 16.9. The molecule has 3 aromatic rings. The smallest absolute Gasteiger partial charge is 0.339 e. The highest BCUT2D eigenvalue weighted by molar-refractivity contribution is 5.96. The van der Waals surface area contributed by atoms with Gasteiger partial charge in [0.1, 0.15) is 0 Å². The summed E-state index contributed by atoms with van der Waals surface area (Å²) in [5.41, 5.74) is 5.27. The summed E-state index contributed by atoms with van der Waals surface area (Å²) in [5.74, 6) is -0.215. The van der Waals surface area contributed by atoms with Crippen molar-refractivity contribution >= 4 is 16.9 Å². The van der Waals surface area contributed by atoms with Crippen LogP contribution in [0.4, 0.5) is 0 Å². The van der Waals surface area contributed by atoms with Crippen molar-refractivity contribution in [3.63, 3.8) is 0 Å². The lowest BCUT2D eigenvalue weighted by molar-refractivity contribution is 0.0457. The minimum atomic E-state index is -0.306. The number of ether oxygens (including phenoxy) is 1. The van der Waals surface area contributed by atoms with Crippen LogP contribution in [-0.4, -0.2) is 10.5 Å². The largest absolute Gasteiger partial charge is 0.449 e. The van der Waals surface area contributed by atoms with Gasteiger partial charge >= 0.3 is 5.97 Å². The quantitative estimate of drug-likeness (QED) is 0.329. The molecule has 28 heavy (non-hydrogen) atoms. The molecular formula is C25H29NO2. The first-order valence-corrected chi connectivity index (χ1v) is 10.6. The summed E-state index contributed by atoms with van der Waals surface area (Å²) in [6.45, 7) is 5.44. The Balaban J connectivity index is 1.65. The van der Waals surface area contributed by atoms with Gasteiger partial charge in [-0.3, -0.25) is 0 Å². The maximum atomic E-state index is 12.4. The Morgan fingerprint density at radius 2 is 1.64 bits per heavy atom. The van der Waals surface area contributed by atoms with Crippen molar-refractivity contribution in [1.29, 1.82) is 0 Å². The van der Waals surface area contributed by atoms with E-state index in [1.807, 2.05) is 24.3 Å². The summed E-state index contributed by atoms with van der Waals surface area (Å²) in [4.78, 5) is 12.4. The standard InChI is InChI=1S/C25H29NO2/c1-3-4-5-6-7-12-17-26-18(2)23(21-15-10-11-16-22(21)26)24-19-13-8-9-14-20(19)25(27)28-24/h8-11,13-16,24H,3-7,12,17H2,1-2H3/t24-/m0/s1. The third kappa shape index (κ3) is 3.34. The van der Waals surface area contributed by atoms with Crippen LogP contribution in [0.15, 0.2) is 48.5 Å². The Labute approximate surface area is 167 Å². The normalized spacial score (nSPS) is 15.8. The van der Waals surface area contributed by atoms with E-state index in [1.165, 1.54) is 55.1 Å². The van der Waals surface area contributed by atoms with Crippen LogP contribution in [0.3, 0.4) is 0 Å². The van der Waals surface area contributed by atoms with Crippen molar-refractivity contribution in [3.05, 3.63) is 70.9 Å². The molecule has 1 atom stereocenters. The van der Waals surface area contributed by atoms with Crippen molar-refractivity contribution in [2.45, 2.75) is 65.0 Å². The van der Waals surface area contributed by atoms with Gasteiger partial charge in [0.05, 0.1) is 5.56 Å². The second kappa shape index (κ2) is 8.22. The first-order valence-electron chi connectivity index (χ1n) is 10.6. The number of benzene rings is 2. The molecule has 0 fully saturated rings. The Kier molecular flexibility index (Phi) is 5.52. The lowest BCUT2D eigenvalue weighted by Crippen LogP contribution is -2.05. The first kappa shape index (κ1) is 18.8. The van der Waals surface area contributed by atoms with Crippen molar-refractivity contribution in [2.24, 2.45) is 0 Å². The van der Waals surface area contributed by atoms with Crippen molar-refractivity contribution < 1.29 is 9.53 Å². The molecule has 0 spiro atoms. The monoisotopic (exact) mass is 375 g/mol. The molecule has 1 aliphatic heterocycles. The average Bonchev–Trinajstić information content (AvgIpc) is 3.19. The zero-order valence-corrected chi connectivity index (χ0v) is 16.9. The summed E-state index contributed by atoms with van der Waals surface area (Å²) in [5, 5.41) is 1.19. The number of hydrogen-bond donors (Lipinski definition) is 0. The maximum absolute atomic E-state index is 12.4. The van der Waals surface area contributed by atoms with Gasteiger partial charge in [-0.15, -0.1) is 0 Å². The molecule has 0 radical (unpaired) electrons. The number of rotatable bonds is 8. The van der Waals surface area contributed by atoms with Crippen LogP contribution >= 0.6 is 0 Å². The van der Waals surface area contributed by atoms with E-state index in [4.69, 9.17) is 4.74 Å². The van der Waals surface area contributed by atoms with Gasteiger partial charge in [-0.2, -0.15) is 0 Å². The highest BCUT2D eigenvalue weighted by atomic mass is 16.5. The molecule has 0 unspecified atom stereocenters. The van der Waals surface area contributed by atoms with Crippen LogP contribution in [-0.2, 0) is 11.3 Å². The van der Waals surface area contributed by atoms with E-state index in [-0.39, 0.29) is 12.1 Å². The van der Waals surface area contributed by atoms with Gasteiger partial charge in [-0.1, -0.05) is 75.4 Å². The average molecular weight is 376 g/mol. The van der Waals surface area contributed by atoms with Crippen LogP contribution in [0.1, 0.15) is 78.7 Å². The van der Waals surface area contributed by atoms with Gasteiger partial charge in [-0.05, 0) is 25.5 Å². The van der Waals surface area contributed by atoms with Crippen LogP contribution in [0.25, 0.3) is 10.9 Å². The van der Waals surface area contributed by atoms with E-state index in [9.17, 15) is 4.79 Å². The molecule has 1 aliphatic rings. The van der Waals surface area contributed by atoms with E-state index in [2.05, 4.69) is 42.7 Å². The third-order valence-electron chi connectivity index (χ3n) is 5.97. The number of carbonyl (C=O) groups is 1. The molecule has 4 rings (SSSR count). The summed E-state index contributed by atoms with van der Waals surface area (Å²) in [6, 6.07) is 16.3. The highest BCUT2D eigenvalue weighted by Gasteiger charge is 2.35. The highest BCUT2D eigenvalue weighted by Crippen LogP contribution is 2.41. The first-order chi connectivity index (χ1) is 13.7. The van der Waals surface area contributed by atoms with E-state index in [1.54, 1.807) is 0 Å². The van der Waals surface area contributed by atoms with Gasteiger partial charge in [0.2, 0.25) is 0 Å². The van der Waals surface area contributed by atoms with Crippen LogP contribution in [0, 0.1) is 6.92 Å². The molecule has 146 valence electrons. The second-order valence-corrected chi connectivity index (χ2v) is 7.81. The molecule has 0 aliphatic carbocycles. The summed E-state index contributed by atoms with van der Waals surface area (Å²) in [6.07, 6.45) is 7.41. The van der Waals surface area contributed by atoms with Gasteiger partial charge < -0.3 is 9.30 Å². The summed E-state index contributed by atoms with van der Waals surface area (Å²) < 4.78 is 8.25. The molecule has 2 heterocycles. The second-order valence-electron chi connectivity index (χ2n) is 7.81. The number of nitrogens with zero attached hydrogens (tertiary/aromatic N) is 1. The van der Waals surface area contributed by atoms with E-state index in [0.717, 1.165) is 17.7 Å². The fraction of sp³-hybridized carbons (Fsp3) is 0.400. The molecular weight excluding hydrogens is 346 g/mol. The van der Waals surface area contributed by atoms with Crippen LogP contribution in [0.2, 0.25) is 0 Å². The van der Waals surface area contributed by atoms with Crippen molar-refractivity contribution in [3.8, 4) is 0 Å². The maximum Gasteiger partial charge on any atom is 0.339 e. The number of aromatic nitrogens is 1. The fourth-order valence-electron chi connectivity index (χ4n) is 4.49. The minimum absolute atomic E-state index is 0.215. The molecule has 1 aromatic heterocycles. The molecule has 0 amide bonds. The number of esters is 1. The predicted molar refractivity (Wildman–Crippen MR) is 114 cm³/mol. The molecule has 2 aromatic carbocycles. The number of cyclic esters (lactones) is 1.